The summed E-state index contributed by atoms with van der Waals surface area (Å²) < 4.78 is 2.86. The molecule has 1 fully saturated rings. The van der Waals surface area contributed by atoms with Gasteiger partial charge in [-0.3, -0.25) is 0 Å². The monoisotopic (exact) mass is 288 g/mol. The molecule has 3 aliphatic rings. The van der Waals surface area contributed by atoms with Crippen LogP contribution in [0.25, 0.3) is 0 Å². The van der Waals surface area contributed by atoms with E-state index in [4.69, 9.17) is 0 Å². The Hall–Kier alpha value is 0.620. The standard InChI is InChI=1S/C6H4S4.C6H12/c1-2-8-5(7-1)6-9-3-4-10-6;1-2-4-6-5-3-1/h1-4H;1-6H2. The molecule has 0 amide bonds. The highest BCUT2D eigenvalue weighted by Gasteiger charge is 2.12. The van der Waals surface area contributed by atoms with Crippen molar-refractivity contribution in [3.63, 3.8) is 0 Å². The number of hydrogen-bond donors (Lipinski definition) is 0. The van der Waals surface area contributed by atoms with Gasteiger partial charge in [0.1, 0.15) is 0 Å². The summed E-state index contributed by atoms with van der Waals surface area (Å²) in [4.78, 5) is 0. The third kappa shape index (κ3) is 4.47. The van der Waals surface area contributed by atoms with Crippen molar-refractivity contribution in [1.82, 2.24) is 0 Å². The average Bonchev–Trinajstić information content (AvgIpc) is 3.05. The summed E-state index contributed by atoms with van der Waals surface area (Å²) in [7, 11) is 0. The van der Waals surface area contributed by atoms with Crippen LogP contribution in [0.2, 0.25) is 0 Å². The Kier molecular flexibility index (Phi) is 6.41. The van der Waals surface area contributed by atoms with Crippen LogP contribution in [0, 0.1) is 0 Å². The third-order valence-corrected chi connectivity index (χ3v) is 7.26. The lowest BCUT2D eigenvalue weighted by Crippen LogP contribution is -1.85. The molecule has 0 radical (unpaired) electrons. The lowest BCUT2D eigenvalue weighted by atomic mass is 10.0. The summed E-state index contributed by atoms with van der Waals surface area (Å²) in [6.45, 7) is 0. The zero-order chi connectivity index (χ0) is 11.1. The Bertz CT molecular complexity index is 245. The molecule has 0 aromatic heterocycles. The quantitative estimate of drug-likeness (QED) is 0.508. The van der Waals surface area contributed by atoms with Crippen LogP contribution in [-0.2, 0) is 0 Å². The second-order valence-corrected chi connectivity index (χ2v) is 7.89. The van der Waals surface area contributed by atoms with Crippen LogP contribution in [0.5, 0.6) is 0 Å². The van der Waals surface area contributed by atoms with E-state index < -0.39 is 0 Å². The van der Waals surface area contributed by atoms with E-state index in [1.54, 1.807) is 0 Å². The number of hydrogen-bond acceptors (Lipinski definition) is 4. The zero-order valence-corrected chi connectivity index (χ0v) is 12.5. The molecule has 2 heterocycles. The zero-order valence-electron chi connectivity index (χ0n) is 9.19. The van der Waals surface area contributed by atoms with E-state index in [9.17, 15) is 0 Å². The minimum Gasteiger partial charge on any atom is -0.0884 e. The lowest BCUT2D eigenvalue weighted by molar-refractivity contribution is 0.504. The smallest absolute Gasteiger partial charge is 0.0694 e. The molecule has 0 N–H and O–H groups in total. The van der Waals surface area contributed by atoms with E-state index in [1.807, 2.05) is 47.0 Å². The fourth-order valence-electron chi connectivity index (χ4n) is 1.67. The maximum Gasteiger partial charge on any atom is 0.0694 e. The Labute approximate surface area is 115 Å². The van der Waals surface area contributed by atoms with Crippen LogP contribution >= 0.6 is 47.0 Å². The molecular formula is C12H16S4. The van der Waals surface area contributed by atoms with Crippen LogP contribution in [0.15, 0.2) is 30.1 Å². The summed E-state index contributed by atoms with van der Waals surface area (Å²) in [5.74, 6) is 0. The van der Waals surface area contributed by atoms with Crippen LogP contribution in [0.3, 0.4) is 0 Å². The van der Waals surface area contributed by atoms with Gasteiger partial charge < -0.3 is 0 Å². The van der Waals surface area contributed by atoms with Crippen molar-refractivity contribution in [3.8, 4) is 0 Å². The van der Waals surface area contributed by atoms with Gasteiger partial charge in [0.05, 0.1) is 8.47 Å². The molecule has 0 saturated heterocycles. The number of rotatable bonds is 0. The number of thioether (sulfide) groups is 4. The van der Waals surface area contributed by atoms with Crippen LogP contribution in [0.1, 0.15) is 38.5 Å². The molecule has 16 heavy (non-hydrogen) atoms. The molecule has 1 saturated carbocycles. The fourth-order valence-corrected chi connectivity index (χ4v) is 5.70. The maximum atomic E-state index is 2.13. The molecule has 2 aliphatic heterocycles. The van der Waals surface area contributed by atoms with Crippen molar-refractivity contribution in [2.45, 2.75) is 38.5 Å². The van der Waals surface area contributed by atoms with Gasteiger partial charge >= 0.3 is 0 Å². The Morgan fingerprint density at radius 2 is 0.750 bits per heavy atom. The normalized spacial score (nSPS) is 23.5. The predicted octanol–water partition coefficient (Wildman–Crippen LogP) is 6.36. The van der Waals surface area contributed by atoms with Gasteiger partial charge in [-0.25, -0.2) is 0 Å². The first kappa shape index (κ1) is 13.1. The molecule has 0 unspecified atom stereocenters. The minimum absolute atomic E-state index is 1.43. The first-order valence-corrected chi connectivity index (χ1v) is 9.19. The molecule has 0 atom stereocenters. The van der Waals surface area contributed by atoms with Gasteiger partial charge in [0.15, 0.2) is 0 Å². The summed E-state index contributed by atoms with van der Waals surface area (Å²) in [5, 5.41) is 8.53. The van der Waals surface area contributed by atoms with Crippen molar-refractivity contribution in [2.75, 3.05) is 0 Å². The first-order valence-electron chi connectivity index (χ1n) is 5.68. The predicted molar refractivity (Wildman–Crippen MR) is 83.4 cm³/mol. The SMILES string of the molecule is C1=CSC(=C2SC=CS2)S1.C1CCCCC1. The van der Waals surface area contributed by atoms with E-state index in [0.717, 1.165) is 0 Å². The summed E-state index contributed by atoms with van der Waals surface area (Å²) >= 11 is 7.28. The van der Waals surface area contributed by atoms with Gasteiger partial charge in [0.25, 0.3) is 0 Å². The van der Waals surface area contributed by atoms with Crippen LogP contribution in [-0.4, -0.2) is 0 Å². The van der Waals surface area contributed by atoms with Gasteiger partial charge in [-0.15, -0.1) is 0 Å². The van der Waals surface area contributed by atoms with E-state index >= 15 is 0 Å². The molecular weight excluding hydrogens is 272 g/mol. The topological polar surface area (TPSA) is 0 Å². The largest absolute Gasteiger partial charge is 0.0884 e. The van der Waals surface area contributed by atoms with Gasteiger partial charge in [0, 0.05) is 0 Å². The van der Waals surface area contributed by atoms with Crippen LogP contribution in [0.4, 0.5) is 0 Å². The van der Waals surface area contributed by atoms with Gasteiger partial charge in [-0.05, 0) is 21.6 Å². The molecule has 0 nitrogen and oxygen atoms in total. The Morgan fingerprint density at radius 3 is 1.00 bits per heavy atom. The molecule has 88 valence electrons. The van der Waals surface area contributed by atoms with Gasteiger partial charge in [-0.2, -0.15) is 0 Å². The molecule has 0 spiro atoms. The maximum absolute atomic E-state index is 2.13. The van der Waals surface area contributed by atoms with Crippen molar-refractivity contribution < 1.29 is 0 Å². The molecule has 3 rings (SSSR count). The summed E-state index contributed by atoms with van der Waals surface area (Å²) in [5.41, 5.74) is 0. The van der Waals surface area contributed by atoms with Gasteiger partial charge in [-0.1, -0.05) is 85.6 Å². The van der Waals surface area contributed by atoms with E-state index in [-0.39, 0.29) is 0 Å². The highest BCUT2D eigenvalue weighted by Crippen LogP contribution is 2.50. The molecule has 0 aromatic rings. The Morgan fingerprint density at radius 1 is 0.500 bits per heavy atom. The fraction of sp³-hybridized carbons (Fsp3) is 0.500. The molecule has 1 aliphatic carbocycles. The van der Waals surface area contributed by atoms with Crippen molar-refractivity contribution in [2.24, 2.45) is 0 Å². The Balaban J connectivity index is 0.000000138. The minimum atomic E-state index is 1.43. The van der Waals surface area contributed by atoms with Gasteiger partial charge in [0.2, 0.25) is 0 Å². The average molecular weight is 289 g/mol. The molecule has 4 heteroatoms. The second-order valence-electron chi connectivity index (χ2n) is 3.71. The van der Waals surface area contributed by atoms with Crippen LogP contribution < -0.4 is 0 Å². The third-order valence-electron chi connectivity index (χ3n) is 2.48. The van der Waals surface area contributed by atoms with E-state index in [2.05, 4.69) is 21.6 Å². The highest BCUT2D eigenvalue weighted by atomic mass is 32.2. The summed E-state index contributed by atoms with van der Waals surface area (Å²) in [6.07, 6.45) is 9.00. The lowest BCUT2D eigenvalue weighted by Gasteiger charge is -2.05. The highest BCUT2D eigenvalue weighted by molar-refractivity contribution is 8.33. The van der Waals surface area contributed by atoms with Crippen molar-refractivity contribution >= 4 is 47.0 Å². The van der Waals surface area contributed by atoms with E-state index in [0.29, 0.717) is 0 Å². The second kappa shape index (κ2) is 7.85. The van der Waals surface area contributed by atoms with Crippen molar-refractivity contribution in [1.29, 1.82) is 0 Å². The first-order chi connectivity index (χ1) is 7.97. The van der Waals surface area contributed by atoms with E-state index in [1.165, 1.54) is 47.0 Å². The van der Waals surface area contributed by atoms with Crippen molar-refractivity contribution in [3.05, 3.63) is 30.1 Å². The summed E-state index contributed by atoms with van der Waals surface area (Å²) in [6, 6.07) is 0. The molecule has 0 bridgehead atoms. The molecule has 0 aromatic carbocycles.